The normalized spacial score (nSPS) is 10.1. The highest BCUT2D eigenvalue weighted by molar-refractivity contribution is 5.55. The predicted molar refractivity (Wildman–Crippen MR) is 64.6 cm³/mol. The lowest BCUT2D eigenvalue weighted by atomic mass is 10.2. The summed E-state index contributed by atoms with van der Waals surface area (Å²) in [4.78, 5) is 14.2. The average molecular weight is 247 g/mol. The molecule has 0 radical (unpaired) electrons. The minimum atomic E-state index is -0.500. The summed E-state index contributed by atoms with van der Waals surface area (Å²) in [5.74, 6) is -0.116. The molecule has 2 aromatic rings. The van der Waals surface area contributed by atoms with E-state index in [0.29, 0.717) is 6.54 Å². The predicted octanol–water partition coefficient (Wildman–Crippen LogP) is 2.74. The van der Waals surface area contributed by atoms with Crippen LogP contribution < -0.4 is 5.32 Å². The first-order valence-electron chi connectivity index (χ1n) is 5.24. The molecular weight excluding hydrogens is 237 g/mol. The quantitative estimate of drug-likeness (QED) is 0.666. The Kier molecular flexibility index (Phi) is 3.47. The monoisotopic (exact) mass is 247 g/mol. The van der Waals surface area contributed by atoms with Crippen molar-refractivity contribution in [2.75, 3.05) is 5.32 Å². The number of pyridine rings is 1. The molecule has 1 aromatic heterocycles. The Morgan fingerprint density at radius 1 is 1.28 bits per heavy atom. The molecule has 0 saturated heterocycles. The van der Waals surface area contributed by atoms with Gasteiger partial charge in [0.15, 0.2) is 0 Å². The fraction of sp³-hybridized carbons (Fsp3) is 0.0833. The molecule has 2 rings (SSSR count). The van der Waals surface area contributed by atoms with Gasteiger partial charge < -0.3 is 5.32 Å². The van der Waals surface area contributed by atoms with Crippen molar-refractivity contribution in [2.45, 2.75) is 6.54 Å². The molecule has 0 aliphatic rings. The second-order valence-corrected chi connectivity index (χ2v) is 3.61. The standard InChI is InChI=1S/C12H10FN3O2/c13-10-5-3-9(4-6-10)8-15-12-11(16(17)18)2-1-7-14-12/h1-7H,8H2,(H,14,15). The van der Waals surface area contributed by atoms with Gasteiger partial charge in [-0.15, -0.1) is 0 Å². The molecule has 5 nitrogen and oxygen atoms in total. The molecule has 0 aliphatic carbocycles. The Labute approximate surface area is 102 Å². The SMILES string of the molecule is O=[N+]([O-])c1cccnc1NCc1ccc(F)cc1. The fourth-order valence-electron chi connectivity index (χ4n) is 1.47. The lowest BCUT2D eigenvalue weighted by Gasteiger charge is -2.05. The van der Waals surface area contributed by atoms with Crippen LogP contribution in [0.3, 0.4) is 0 Å². The molecule has 1 aromatic carbocycles. The van der Waals surface area contributed by atoms with E-state index >= 15 is 0 Å². The number of hydrogen-bond acceptors (Lipinski definition) is 4. The smallest absolute Gasteiger partial charge is 0.311 e. The maximum atomic E-state index is 12.7. The van der Waals surface area contributed by atoms with Crippen molar-refractivity contribution in [3.63, 3.8) is 0 Å². The molecule has 0 bridgehead atoms. The van der Waals surface area contributed by atoms with Gasteiger partial charge in [-0.3, -0.25) is 10.1 Å². The van der Waals surface area contributed by atoms with Crippen LogP contribution in [0.25, 0.3) is 0 Å². The van der Waals surface area contributed by atoms with Gasteiger partial charge in [0.2, 0.25) is 5.82 Å². The van der Waals surface area contributed by atoms with Crippen LogP contribution in [0.15, 0.2) is 42.6 Å². The van der Waals surface area contributed by atoms with Gasteiger partial charge in [-0.25, -0.2) is 9.37 Å². The first-order valence-corrected chi connectivity index (χ1v) is 5.24. The van der Waals surface area contributed by atoms with Crippen molar-refractivity contribution < 1.29 is 9.31 Å². The Hall–Kier alpha value is -2.50. The number of halogens is 1. The molecule has 92 valence electrons. The van der Waals surface area contributed by atoms with Crippen molar-refractivity contribution in [1.82, 2.24) is 4.98 Å². The minimum Gasteiger partial charge on any atom is -0.360 e. The van der Waals surface area contributed by atoms with E-state index in [2.05, 4.69) is 10.3 Å². The molecule has 18 heavy (non-hydrogen) atoms. The third kappa shape index (κ3) is 2.79. The molecule has 1 heterocycles. The van der Waals surface area contributed by atoms with Crippen LogP contribution in [0.1, 0.15) is 5.56 Å². The number of rotatable bonds is 4. The largest absolute Gasteiger partial charge is 0.360 e. The van der Waals surface area contributed by atoms with Gasteiger partial charge in [0.25, 0.3) is 0 Å². The van der Waals surface area contributed by atoms with Crippen LogP contribution in [0.4, 0.5) is 15.9 Å². The lowest BCUT2D eigenvalue weighted by Crippen LogP contribution is -2.04. The summed E-state index contributed by atoms with van der Waals surface area (Å²) in [6.45, 7) is 0.345. The Morgan fingerprint density at radius 3 is 2.67 bits per heavy atom. The van der Waals surface area contributed by atoms with Crippen molar-refractivity contribution in [1.29, 1.82) is 0 Å². The van der Waals surface area contributed by atoms with Crippen LogP contribution in [-0.2, 0) is 6.54 Å². The Bertz CT molecular complexity index is 558. The summed E-state index contributed by atoms with van der Waals surface area (Å²) in [5, 5.41) is 13.6. The number of aromatic nitrogens is 1. The van der Waals surface area contributed by atoms with E-state index in [1.807, 2.05) is 0 Å². The van der Waals surface area contributed by atoms with E-state index < -0.39 is 4.92 Å². The molecule has 0 fully saturated rings. The Balaban J connectivity index is 2.10. The van der Waals surface area contributed by atoms with Crippen LogP contribution >= 0.6 is 0 Å². The maximum absolute atomic E-state index is 12.7. The van der Waals surface area contributed by atoms with Crippen molar-refractivity contribution in [3.8, 4) is 0 Å². The van der Waals surface area contributed by atoms with Crippen molar-refractivity contribution >= 4 is 11.5 Å². The number of nitrogens with one attached hydrogen (secondary N) is 1. The van der Waals surface area contributed by atoms with E-state index in [1.165, 1.54) is 30.5 Å². The maximum Gasteiger partial charge on any atom is 0.311 e. The van der Waals surface area contributed by atoms with E-state index in [9.17, 15) is 14.5 Å². The summed E-state index contributed by atoms with van der Waals surface area (Å²) in [6, 6.07) is 8.77. The van der Waals surface area contributed by atoms with Crippen molar-refractivity contribution in [2.24, 2.45) is 0 Å². The number of benzene rings is 1. The summed E-state index contributed by atoms with van der Waals surface area (Å²) < 4.78 is 12.7. The molecule has 0 atom stereocenters. The van der Waals surface area contributed by atoms with Crippen LogP contribution in [-0.4, -0.2) is 9.91 Å². The van der Waals surface area contributed by atoms with E-state index in [4.69, 9.17) is 0 Å². The summed E-state index contributed by atoms with van der Waals surface area (Å²) in [6.07, 6.45) is 1.47. The summed E-state index contributed by atoms with van der Waals surface area (Å²) in [5.41, 5.74) is 0.732. The highest BCUT2D eigenvalue weighted by atomic mass is 19.1. The lowest BCUT2D eigenvalue weighted by molar-refractivity contribution is -0.384. The molecule has 0 amide bonds. The fourth-order valence-corrected chi connectivity index (χ4v) is 1.47. The van der Waals surface area contributed by atoms with Gasteiger partial charge in [-0.05, 0) is 23.8 Å². The zero-order valence-corrected chi connectivity index (χ0v) is 9.34. The second kappa shape index (κ2) is 5.22. The summed E-state index contributed by atoms with van der Waals surface area (Å²) >= 11 is 0. The Morgan fingerprint density at radius 2 is 2.00 bits per heavy atom. The van der Waals surface area contributed by atoms with Gasteiger partial charge in [0.1, 0.15) is 5.82 Å². The first-order chi connectivity index (χ1) is 8.66. The highest BCUT2D eigenvalue weighted by Crippen LogP contribution is 2.20. The van der Waals surface area contributed by atoms with Crippen LogP contribution in [0, 0.1) is 15.9 Å². The van der Waals surface area contributed by atoms with Gasteiger partial charge in [-0.1, -0.05) is 12.1 Å². The highest BCUT2D eigenvalue weighted by Gasteiger charge is 2.13. The third-order valence-electron chi connectivity index (χ3n) is 2.36. The third-order valence-corrected chi connectivity index (χ3v) is 2.36. The molecule has 0 saturated carbocycles. The van der Waals surface area contributed by atoms with Gasteiger partial charge in [0.05, 0.1) is 4.92 Å². The minimum absolute atomic E-state index is 0.0837. The van der Waals surface area contributed by atoms with Crippen molar-refractivity contribution in [3.05, 3.63) is 64.1 Å². The topological polar surface area (TPSA) is 68.1 Å². The van der Waals surface area contributed by atoms with Gasteiger partial charge in [-0.2, -0.15) is 0 Å². The molecule has 0 spiro atoms. The molecule has 0 unspecified atom stereocenters. The van der Waals surface area contributed by atoms with Gasteiger partial charge >= 0.3 is 5.69 Å². The summed E-state index contributed by atoms with van der Waals surface area (Å²) in [7, 11) is 0. The molecule has 1 N–H and O–H groups in total. The zero-order valence-electron chi connectivity index (χ0n) is 9.34. The second-order valence-electron chi connectivity index (χ2n) is 3.61. The number of nitro groups is 1. The zero-order chi connectivity index (χ0) is 13.0. The average Bonchev–Trinajstić information content (AvgIpc) is 2.38. The molecule has 6 heteroatoms. The number of nitrogens with zero attached hydrogens (tertiary/aromatic N) is 2. The van der Waals surface area contributed by atoms with Crippen LogP contribution in [0.2, 0.25) is 0 Å². The number of anilines is 1. The van der Waals surface area contributed by atoms with E-state index in [-0.39, 0.29) is 17.3 Å². The van der Waals surface area contributed by atoms with Crippen LogP contribution in [0.5, 0.6) is 0 Å². The van der Waals surface area contributed by atoms with Gasteiger partial charge in [0, 0.05) is 18.8 Å². The van der Waals surface area contributed by atoms with E-state index in [1.54, 1.807) is 12.1 Å². The molecular formula is C12H10FN3O2. The number of hydrogen-bond donors (Lipinski definition) is 1. The first kappa shape index (κ1) is 12.0. The molecule has 0 aliphatic heterocycles. The van der Waals surface area contributed by atoms with E-state index in [0.717, 1.165) is 5.56 Å².